The molecule has 0 amide bonds. The lowest BCUT2D eigenvalue weighted by Crippen LogP contribution is -2.35. The average Bonchev–Trinajstić information content (AvgIpc) is 2.44. The summed E-state index contributed by atoms with van der Waals surface area (Å²) >= 11 is 0. The van der Waals surface area contributed by atoms with Crippen LogP contribution in [-0.2, 0) is 14.2 Å². The molecule has 0 spiro atoms. The van der Waals surface area contributed by atoms with Gasteiger partial charge in [0, 0.05) is 27.8 Å². The van der Waals surface area contributed by atoms with Crippen molar-refractivity contribution < 1.29 is 14.2 Å². The predicted molar refractivity (Wildman–Crippen MR) is 82.2 cm³/mol. The minimum Gasteiger partial charge on any atom is -0.331 e. The van der Waals surface area contributed by atoms with E-state index in [1.54, 1.807) is 27.4 Å². The SMILES string of the molecule is C=CC.CCCCCCCCCC(OC)(OC)OC. The van der Waals surface area contributed by atoms with Crippen LogP contribution in [-0.4, -0.2) is 27.3 Å². The molecule has 0 saturated carbocycles. The van der Waals surface area contributed by atoms with Crippen molar-refractivity contribution in [1.82, 2.24) is 0 Å². The second-order valence-corrected chi connectivity index (χ2v) is 4.57. The van der Waals surface area contributed by atoms with Crippen LogP contribution in [0.5, 0.6) is 0 Å². The molecule has 0 bridgehead atoms. The van der Waals surface area contributed by atoms with Crippen molar-refractivity contribution in [2.45, 2.75) is 71.2 Å². The highest BCUT2D eigenvalue weighted by Gasteiger charge is 2.28. The first kappa shape index (κ1) is 20.9. The third-order valence-electron chi connectivity index (χ3n) is 3.02. The Morgan fingerprint density at radius 1 is 0.842 bits per heavy atom. The minimum absolute atomic E-state index is 0.796. The summed E-state index contributed by atoms with van der Waals surface area (Å²) in [6.45, 7) is 7.49. The first-order chi connectivity index (χ1) is 9.16. The Kier molecular flexibility index (Phi) is 17.3. The van der Waals surface area contributed by atoms with Crippen molar-refractivity contribution in [2.24, 2.45) is 0 Å². The molecule has 0 heterocycles. The lowest BCUT2D eigenvalue weighted by molar-refractivity contribution is -0.355. The van der Waals surface area contributed by atoms with E-state index >= 15 is 0 Å². The van der Waals surface area contributed by atoms with Crippen LogP contribution in [0.2, 0.25) is 0 Å². The molecule has 0 unspecified atom stereocenters. The quantitative estimate of drug-likeness (QED) is 0.304. The molecule has 0 aromatic heterocycles. The third-order valence-corrected chi connectivity index (χ3v) is 3.02. The second-order valence-electron chi connectivity index (χ2n) is 4.57. The maximum absolute atomic E-state index is 5.24. The molecular weight excluding hydrogens is 240 g/mol. The first-order valence-corrected chi connectivity index (χ1v) is 7.38. The number of allylic oxidation sites excluding steroid dienone is 1. The molecule has 0 aliphatic heterocycles. The normalized spacial score (nSPS) is 10.8. The van der Waals surface area contributed by atoms with Crippen LogP contribution in [0.25, 0.3) is 0 Å². The number of hydrogen-bond acceptors (Lipinski definition) is 3. The van der Waals surface area contributed by atoms with Crippen molar-refractivity contribution in [3.05, 3.63) is 12.7 Å². The Balaban J connectivity index is 0. The van der Waals surface area contributed by atoms with Gasteiger partial charge in [-0.2, -0.15) is 0 Å². The fourth-order valence-corrected chi connectivity index (χ4v) is 1.85. The zero-order valence-corrected chi connectivity index (χ0v) is 13.7. The summed E-state index contributed by atoms with van der Waals surface area (Å²) in [7, 11) is 4.86. The van der Waals surface area contributed by atoms with E-state index in [1.165, 1.54) is 38.5 Å². The van der Waals surface area contributed by atoms with Crippen LogP contribution in [0.3, 0.4) is 0 Å². The highest BCUT2D eigenvalue weighted by Crippen LogP contribution is 2.21. The third kappa shape index (κ3) is 12.4. The molecule has 0 N–H and O–H groups in total. The Hall–Kier alpha value is -0.380. The van der Waals surface area contributed by atoms with Crippen molar-refractivity contribution in [2.75, 3.05) is 21.3 Å². The molecule has 0 aliphatic carbocycles. The van der Waals surface area contributed by atoms with Crippen LogP contribution >= 0.6 is 0 Å². The summed E-state index contributed by atoms with van der Waals surface area (Å²) in [6.07, 6.45) is 11.5. The molecule has 0 fully saturated rings. The minimum atomic E-state index is -0.830. The van der Waals surface area contributed by atoms with E-state index in [0.29, 0.717) is 0 Å². The van der Waals surface area contributed by atoms with Crippen molar-refractivity contribution in [1.29, 1.82) is 0 Å². The Bertz CT molecular complexity index is 169. The number of methoxy groups -OCH3 is 3. The van der Waals surface area contributed by atoms with Crippen LogP contribution < -0.4 is 0 Å². The van der Waals surface area contributed by atoms with Gasteiger partial charge in [-0.15, -0.1) is 6.58 Å². The van der Waals surface area contributed by atoms with Gasteiger partial charge in [-0.05, 0) is 13.3 Å². The average molecular weight is 274 g/mol. The fourth-order valence-electron chi connectivity index (χ4n) is 1.85. The molecular formula is C16H34O3. The van der Waals surface area contributed by atoms with Gasteiger partial charge >= 0.3 is 0 Å². The van der Waals surface area contributed by atoms with E-state index in [0.717, 1.165) is 12.8 Å². The van der Waals surface area contributed by atoms with Crippen molar-refractivity contribution >= 4 is 0 Å². The molecule has 0 aliphatic rings. The van der Waals surface area contributed by atoms with Crippen LogP contribution in [0, 0.1) is 0 Å². The summed E-state index contributed by atoms with van der Waals surface area (Å²) in [6, 6.07) is 0. The zero-order chi connectivity index (χ0) is 15.0. The van der Waals surface area contributed by atoms with Gasteiger partial charge in [-0.25, -0.2) is 0 Å². The lowest BCUT2D eigenvalue weighted by atomic mass is 10.1. The van der Waals surface area contributed by atoms with E-state index in [2.05, 4.69) is 13.5 Å². The molecule has 0 radical (unpaired) electrons. The van der Waals surface area contributed by atoms with Gasteiger partial charge in [-0.3, -0.25) is 0 Å². The van der Waals surface area contributed by atoms with Crippen LogP contribution in [0.4, 0.5) is 0 Å². The van der Waals surface area contributed by atoms with E-state index in [9.17, 15) is 0 Å². The van der Waals surface area contributed by atoms with Crippen LogP contribution in [0.15, 0.2) is 12.7 Å². The highest BCUT2D eigenvalue weighted by molar-refractivity contribution is 4.56. The lowest BCUT2D eigenvalue weighted by Gasteiger charge is -2.28. The molecule has 3 heteroatoms. The Labute approximate surface area is 120 Å². The van der Waals surface area contributed by atoms with Gasteiger partial charge in [-0.1, -0.05) is 51.5 Å². The van der Waals surface area contributed by atoms with Gasteiger partial charge in [0.2, 0.25) is 0 Å². The summed E-state index contributed by atoms with van der Waals surface area (Å²) in [4.78, 5) is 0. The van der Waals surface area contributed by atoms with Crippen LogP contribution in [0.1, 0.15) is 65.2 Å². The molecule has 0 saturated heterocycles. The molecule has 0 aromatic carbocycles. The Morgan fingerprint density at radius 3 is 1.58 bits per heavy atom. The van der Waals surface area contributed by atoms with Gasteiger partial charge in [0.25, 0.3) is 5.97 Å². The molecule has 0 atom stereocenters. The smallest absolute Gasteiger partial charge is 0.282 e. The van der Waals surface area contributed by atoms with E-state index in [4.69, 9.17) is 14.2 Å². The summed E-state index contributed by atoms with van der Waals surface area (Å²) < 4.78 is 15.7. The van der Waals surface area contributed by atoms with E-state index < -0.39 is 5.97 Å². The molecule has 0 rings (SSSR count). The summed E-state index contributed by atoms with van der Waals surface area (Å²) in [5.74, 6) is -0.830. The zero-order valence-electron chi connectivity index (χ0n) is 13.7. The topological polar surface area (TPSA) is 27.7 Å². The number of rotatable bonds is 11. The number of ether oxygens (including phenoxy) is 3. The largest absolute Gasteiger partial charge is 0.331 e. The molecule has 19 heavy (non-hydrogen) atoms. The predicted octanol–water partition coefficient (Wildman–Crippen LogP) is 4.91. The molecule has 116 valence electrons. The molecule has 0 aromatic rings. The fraction of sp³-hybridized carbons (Fsp3) is 0.875. The number of unbranched alkanes of at least 4 members (excludes halogenated alkanes) is 6. The van der Waals surface area contributed by atoms with Gasteiger partial charge in [0.1, 0.15) is 0 Å². The molecule has 3 nitrogen and oxygen atoms in total. The standard InChI is InChI=1S/C13H28O3.C3H6/c1-5-6-7-8-9-10-11-12-13(14-2,15-3)16-4;1-3-2/h5-12H2,1-4H3;3H,1H2,2H3. The highest BCUT2D eigenvalue weighted by atomic mass is 16.9. The van der Waals surface area contributed by atoms with Crippen molar-refractivity contribution in [3.63, 3.8) is 0 Å². The van der Waals surface area contributed by atoms with Gasteiger partial charge in [0.15, 0.2) is 0 Å². The summed E-state index contributed by atoms with van der Waals surface area (Å²) in [5.41, 5.74) is 0. The van der Waals surface area contributed by atoms with Crippen molar-refractivity contribution in [3.8, 4) is 0 Å². The Morgan fingerprint density at radius 2 is 1.21 bits per heavy atom. The number of hydrogen-bond donors (Lipinski definition) is 0. The maximum Gasteiger partial charge on any atom is 0.282 e. The maximum atomic E-state index is 5.24. The van der Waals surface area contributed by atoms with E-state index in [-0.39, 0.29) is 0 Å². The first-order valence-electron chi connectivity index (χ1n) is 7.38. The van der Waals surface area contributed by atoms with E-state index in [1.807, 2.05) is 6.92 Å². The summed E-state index contributed by atoms with van der Waals surface area (Å²) in [5, 5.41) is 0. The second kappa shape index (κ2) is 15.7. The monoisotopic (exact) mass is 274 g/mol. The van der Waals surface area contributed by atoms with Gasteiger partial charge < -0.3 is 14.2 Å². The van der Waals surface area contributed by atoms with Gasteiger partial charge in [0.05, 0.1) is 0 Å².